The third-order valence-corrected chi connectivity index (χ3v) is 5.47. The summed E-state index contributed by atoms with van der Waals surface area (Å²) in [5, 5.41) is 5.58. The Labute approximate surface area is 162 Å². The van der Waals surface area contributed by atoms with Crippen LogP contribution in [0.3, 0.4) is 0 Å². The average Bonchev–Trinajstić information content (AvgIpc) is 3.04. The summed E-state index contributed by atoms with van der Waals surface area (Å²) in [6, 6.07) is 10.9. The number of benzene rings is 1. The fourth-order valence-corrected chi connectivity index (χ4v) is 4.12. The van der Waals surface area contributed by atoms with Crippen LogP contribution < -0.4 is 10.1 Å². The maximum atomic E-state index is 5.42. The molecule has 1 aliphatic rings. The van der Waals surface area contributed by atoms with E-state index in [9.17, 15) is 0 Å². The van der Waals surface area contributed by atoms with Gasteiger partial charge in [0.15, 0.2) is 0 Å². The lowest BCUT2D eigenvalue weighted by molar-refractivity contribution is 0.200. The number of thiophene rings is 1. The topological polar surface area (TPSA) is 24.5 Å². The predicted molar refractivity (Wildman–Crippen MR) is 106 cm³/mol. The Hall–Kier alpha value is -0.300. The van der Waals surface area contributed by atoms with Gasteiger partial charge >= 0.3 is 0 Å². The minimum atomic E-state index is 0. The fourth-order valence-electron chi connectivity index (χ4n) is 2.78. The van der Waals surface area contributed by atoms with Crippen molar-refractivity contribution in [3.8, 4) is 5.75 Å². The second-order valence-electron chi connectivity index (χ2n) is 5.09. The van der Waals surface area contributed by atoms with E-state index in [-0.39, 0.29) is 30.9 Å². The van der Waals surface area contributed by atoms with E-state index in [0.29, 0.717) is 0 Å². The van der Waals surface area contributed by atoms with Gasteiger partial charge in [0, 0.05) is 35.5 Å². The number of methoxy groups -OCH3 is 1. The number of hydrogen-bond donors (Lipinski definition) is 1. The largest absolute Gasteiger partial charge is 0.497 e. The van der Waals surface area contributed by atoms with Crippen LogP contribution in [-0.4, -0.2) is 38.2 Å². The second-order valence-corrected chi connectivity index (χ2v) is 6.92. The van der Waals surface area contributed by atoms with E-state index >= 15 is 0 Å². The molecule has 0 amide bonds. The maximum Gasteiger partial charge on any atom is 0.119 e. The van der Waals surface area contributed by atoms with Crippen LogP contribution in [0.4, 0.5) is 0 Å². The number of piperazine rings is 1. The number of nitrogens with zero attached hydrogens (tertiary/aromatic N) is 1. The third-order valence-electron chi connectivity index (χ3n) is 3.83. The lowest BCUT2D eigenvalue weighted by atomic mass is 10.0. The molecule has 0 aliphatic carbocycles. The molecule has 1 saturated heterocycles. The van der Waals surface area contributed by atoms with Crippen molar-refractivity contribution in [1.29, 1.82) is 0 Å². The van der Waals surface area contributed by atoms with Crippen LogP contribution in [0, 0.1) is 0 Å². The Kier molecular flexibility index (Phi) is 8.90. The van der Waals surface area contributed by atoms with E-state index in [4.69, 9.17) is 4.74 Å². The molecule has 0 bridgehead atoms. The van der Waals surface area contributed by atoms with E-state index in [2.05, 4.69) is 55.8 Å². The smallest absolute Gasteiger partial charge is 0.119 e. The molecule has 1 atom stereocenters. The van der Waals surface area contributed by atoms with Gasteiger partial charge in [-0.2, -0.15) is 0 Å². The van der Waals surface area contributed by atoms with Gasteiger partial charge < -0.3 is 10.1 Å². The summed E-state index contributed by atoms with van der Waals surface area (Å²) in [5.74, 6) is 0.907. The van der Waals surface area contributed by atoms with Crippen LogP contribution in [0.15, 0.2) is 40.2 Å². The van der Waals surface area contributed by atoms with Crippen molar-refractivity contribution in [2.45, 2.75) is 6.04 Å². The van der Waals surface area contributed by atoms with Gasteiger partial charge in [-0.05, 0) is 35.2 Å². The molecule has 2 aromatic rings. The second kappa shape index (κ2) is 9.87. The highest BCUT2D eigenvalue weighted by Gasteiger charge is 2.26. The van der Waals surface area contributed by atoms with Crippen LogP contribution in [0.5, 0.6) is 5.75 Å². The lowest BCUT2D eigenvalue weighted by Crippen LogP contribution is -2.45. The van der Waals surface area contributed by atoms with Gasteiger partial charge in [0.05, 0.1) is 13.2 Å². The summed E-state index contributed by atoms with van der Waals surface area (Å²) in [6.45, 7) is 4.21. The molecule has 1 N–H and O–H groups in total. The molecule has 7 heteroatoms. The minimum Gasteiger partial charge on any atom is -0.497 e. The van der Waals surface area contributed by atoms with Crippen molar-refractivity contribution >= 4 is 52.1 Å². The molecule has 0 unspecified atom stereocenters. The van der Waals surface area contributed by atoms with Gasteiger partial charge in [0.2, 0.25) is 0 Å². The summed E-state index contributed by atoms with van der Waals surface area (Å²) in [5.41, 5.74) is 1.28. The van der Waals surface area contributed by atoms with Gasteiger partial charge in [-0.25, -0.2) is 0 Å². The Morgan fingerprint density at radius 2 is 1.96 bits per heavy atom. The van der Waals surface area contributed by atoms with E-state index in [1.165, 1.54) is 10.4 Å². The average molecular weight is 440 g/mol. The molecule has 0 radical (unpaired) electrons. The van der Waals surface area contributed by atoms with Crippen molar-refractivity contribution < 1.29 is 4.74 Å². The number of hydrogen-bond acceptors (Lipinski definition) is 4. The highest BCUT2D eigenvalue weighted by Crippen LogP contribution is 2.37. The number of halogens is 3. The summed E-state index contributed by atoms with van der Waals surface area (Å²) in [4.78, 5) is 3.92. The standard InChI is InChI=1S/C16H19BrN2OS.2ClH/c1-20-12-4-5-14(17)13(11-12)16(15-3-2-10-21-15)19-8-6-18-7-9-19;;/h2-5,10-11,16,18H,6-9H2,1H3;2*1H/t16-;;/m0../s1. The van der Waals surface area contributed by atoms with Crippen LogP contribution in [0.25, 0.3) is 0 Å². The molecule has 0 spiro atoms. The molecule has 2 heterocycles. The zero-order valence-electron chi connectivity index (χ0n) is 12.8. The molecule has 23 heavy (non-hydrogen) atoms. The molecular formula is C16H21BrCl2N2OS. The summed E-state index contributed by atoms with van der Waals surface area (Å²) >= 11 is 5.54. The van der Waals surface area contributed by atoms with Gasteiger partial charge in [0.1, 0.15) is 5.75 Å². The molecule has 1 aromatic heterocycles. The van der Waals surface area contributed by atoms with Crippen molar-refractivity contribution in [3.05, 3.63) is 50.6 Å². The lowest BCUT2D eigenvalue weighted by Gasteiger charge is -2.35. The Bertz CT molecular complexity index is 592. The first-order valence-electron chi connectivity index (χ1n) is 7.11. The van der Waals surface area contributed by atoms with E-state index in [1.807, 2.05) is 17.4 Å². The van der Waals surface area contributed by atoms with E-state index in [1.54, 1.807) is 7.11 Å². The monoisotopic (exact) mass is 438 g/mol. The fraction of sp³-hybridized carbons (Fsp3) is 0.375. The van der Waals surface area contributed by atoms with Gasteiger partial charge in [-0.1, -0.05) is 22.0 Å². The zero-order chi connectivity index (χ0) is 14.7. The summed E-state index contributed by atoms with van der Waals surface area (Å²) in [7, 11) is 1.72. The van der Waals surface area contributed by atoms with E-state index < -0.39 is 0 Å². The van der Waals surface area contributed by atoms with Crippen LogP contribution in [0.2, 0.25) is 0 Å². The molecule has 128 valence electrons. The Morgan fingerprint density at radius 3 is 2.57 bits per heavy atom. The summed E-state index contributed by atoms with van der Waals surface area (Å²) < 4.78 is 6.56. The van der Waals surface area contributed by atoms with Gasteiger partial charge in [0.25, 0.3) is 0 Å². The normalized spacial score (nSPS) is 16.1. The highest BCUT2D eigenvalue weighted by atomic mass is 79.9. The summed E-state index contributed by atoms with van der Waals surface area (Å²) in [6.07, 6.45) is 0. The SMILES string of the molecule is COc1ccc(Br)c([C@@H](c2cccs2)N2CCNCC2)c1.Cl.Cl. The van der Waals surface area contributed by atoms with Gasteiger partial charge in [-0.15, -0.1) is 36.2 Å². The first-order valence-corrected chi connectivity index (χ1v) is 8.78. The Balaban J connectivity index is 0.00000132. The van der Waals surface area contributed by atoms with Gasteiger partial charge in [-0.3, -0.25) is 4.90 Å². The maximum absolute atomic E-state index is 5.42. The number of nitrogens with one attached hydrogen (secondary N) is 1. The minimum absolute atomic E-state index is 0. The molecule has 0 saturated carbocycles. The van der Waals surface area contributed by atoms with Crippen molar-refractivity contribution in [2.24, 2.45) is 0 Å². The van der Waals surface area contributed by atoms with Crippen LogP contribution >= 0.6 is 52.1 Å². The zero-order valence-corrected chi connectivity index (χ0v) is 16.9. The molecule has 1 fully saturated rings. The Morgan fingerprint density at radius 1 is 1.22 bits per heavy atom. The quantitative estimate of drug-likeness (QED) is 0.765. The molecule has 3 rings (SSSR count). The van der Waals surface area contributed by atoms with Crippen molar-refractivity contribution in [2.75, 3.05) is 33.3 Å². The van der Waals surface area contributed by atoms with Crippen molar-refractivity contribution in [3.63, 3.8) is 0 Å². The first kappa shape index (κ1) is 20.7. The molecular weight excluding hydrogens is 419 g/mol. The first-order chi connectivity index (χ1) is 10.3. The predicted octanol–water partition coefficient (Wildman–Crippen LogP) is 4.36. The van der Waals surface area contributed by atoms with Crippen LogP contribution in [0.1, 0.15) is 16.5 Å². The molecule has 3 nitrogen and oxygen atoms in total. The highest BCUT2D eigenvalue weighted by molar-refractivity contribution is 9.10. The molecule has 1 aliphatic heterocycles. The van der Waals surface area contributed by atoms with Crippen molar-refractivity contribution in [1.82, 2.24) is 10.2 Å². The third kappa shape index (κ3) is 4.84. The molecule has 1 aromatic carbocycles. The van der Waals surface area contributed by atoms with E-state index in [0.717, 1.165) is 36.4 Å². The number of ether oxygens (including phenoxy) is 1. The van der Waals surface area contributed by atoms with Crippen LogP contribution in [-0.2, 0) is 0 Å². The number of rotatable bonds is 4.